The molecule has 17 heavy (non-hydrogen) atoms. The maximum absolute atomic E-state index is 12.2. The molecule has 4 heteroatoms. The third kappa shape index (κ3) is 2.86. The standard InChI is InChI=1S/C13H16ClNO2/c14-11-4-2-1-3-10(11)9-12(16)13(15)5-7-17-8-6-13/h1-4H,5-9,15H2. The van der Waals surface area contributed by atoms with Crippen LogP contribution in [0.3, 0.4) is 0 Å². The zero-order valence-electron chi connectivity index (χ0n) is 9.62. The van der Waals surface area contributed by atoms with Gasteiger partial charge in [-0.15, -0.1) is 0 Å². The molecule has 0 saturated carbocycles. The minimum Gasteiger partial charge on any atom is -0.381 e. The van der Waals surface area contributed by atoms with Crippen molar-refractivity contribution in [3.8, 4) is 0 Å². The van der Waals surface area contributed by atoms with Gasteiger partial charge in [-0.3, -0.25) is 4.79 Å². The quantitative estimate of drug-likeness (QED) is 0.896. The van der Waals surface area contributed by atoms with E-state index in [9.17, 15) is 4.79 Å². The van der Waals surface area contributed by atoms with E-state index < -0.39 is 5.54 Å². The van der Waals surface area contributed by atoms with Gasteiger partial charge in [-0.1, -0.05) is 29.8 Å². The number of nitrogens with two attached hydrogens (primary N) is 1. The van der Waals surface area contributed by atoms with Gasteiger partial charge in [0.15, 0.2) is 5.78 Å². The molecule has 92 valence electrons. The number of halogens is 1. The van der Waals surface area contributed by atoms with E-state index in [2.05, 4.69) is 0 Å². The Morgan fingerprint density at radius 1 is 1.35 bits per heavy atom. The molecular weight excluding hydrogens is 238 g/mol. The van der Waals surface area contributed by atoms with Crippen molar-refractivity contribution in [3.05, 3.63) is 34.9 Å². The third-order valence-electron chi connectivity index (χ3n) is 3.25. The Balaban J connectivity index is 2.08. The van der Waals surface area contributed by atoms with Gasteiger partial charge in [0.2, 0.25) is 0 Å². The molecule has 0 aliphatic carbocycles. The minimum atomic E-state index is -0.739. The number of ketones is 1. The van der Waals surface area contributed by atoms with E-state index in [1.807, 2.05) is 18.2 Å². The molecule has 0 radical (unpaired) electrons. The van der Waals surface area contributed by atoms with Crippen LogP contribution in [-0.4, -0.2) is 24.5 Å². The second kappa shape index (κ2) is 5.17. The van der Waals surface area contributed by atoms with Crippen LogP contribution in [0.25, 0.3) is 0 Å². The molecule has 0 amide bonds. The van der Waals surface area contributed by atoms with Crippen LogP contribution < -0.4 is 5.73 Å². The highest BCUT2D eigenvalue weighted by Gasteiger charge is 2.35. The van der Waals surface area contributed by atoms with Crippen molar-refractivity contribution in [1.82, 2.24) is 0 Å². The Morgan fingerprint density at radius 2 is 2.00 bits per heavy atom. The monoisotopic (exact) mass is 253 g/mol. The highest BCUT2D eigenvalue weighted by Crippen LogP contribution is 2.23. The van der Waals surface area contributed by atoms with E-state index in [4.69, 9.17) is 22.1 Å². The van der Waals surface area contributed by atoms with Crippen molar-refractivity contribution in [2.75, 3.05) is 13.2 Å². The summed E-state index contributed by atoms with van der Waals surface area (Å²) < 4.78 is 5.23. The first-order chi connectivity index (χ1) is 8.12. The molecule has 1 aromatic carbocycles. The van der Waals surface area contributed by atoms with Crippen molar-refractivity contribution in [1.29, 1.82) is 0 Å². The summed E-state index contributed by atoms with van der Waals surface area (Å²) in [5, 5.41) is 0.622. The topological polar surface area (TPSA) is 52.3 Å². The molecule has 1 fully saturated rings. The fourth-order valence-electron chi connectivity index (χ4n) is 2.01. The van der Waals surface area contributed by atoms with Gasteiger partial charge in [-0.25, -0.2) is 0 Å². The summed E-state index contributed by atoms with van der Waals surface area (Å²) in [6.45, 7) is 1.12. The molecule has 0 atom stereocenters. The summed E-state index contributed by atoms with van der Waals surface area (Å²) in [6, 6.07) is 7.38. The largest absolute Gasteiger partial charge is 0.381 e. The summed E-state index contributed by atoms with van der Waals surface area (Å²) >= 11 is 6.03. The van der Waals surface area contributed by atoms with Crippen LogP contribution in [0, 0.1) is 0 Å². The Kier molecular flexibility index (Phi) is 3.82. The van der Waals surface area contributed by atoms with Gasteiger partial charge in [0.1, 0.15) is 0 Å². The maximum Gasteiger partial charge on any atom is 0.157 e. The summed E-state index contributed by atoms with van der Waals surface area (Å²) in [5.41, 5.74) is 6.23. The zero-order chi connectivity index (χ0) is 12.3. The third-order valence-corrected chi connectivity index (χ3v) is 3.62. The molecule has 0 unspecified atom stereocenters. The molecular formula is C13H16ClNO2. The highest BCUT2D eigenvalue weighted by molar-refractivity contribution is 6.31. The van der Waals surface area contributed by atoms with Crippen LogP contribution in [0.1, 0.15) is 18.4 Å². The van der Waals surface area contributed by atoms with Crippen molar-refractivity contribution in [2.24, 2.45) is 5.73 Å². The zero-order valence-corrected chi connectivity index (χ0v) is 10.4. The number of ether oxygens (including phenoxy) is 1. The molecule has 1 aliphatic rings. The van der Waals surface area contributed by atoms with Gasteiger partial charge in [0.05, 0.1) is 5.54 Å². The van der Waals surface area contributed by atoms with Crippen molar-refractivity contribution >= 4 is 17.4 Å². The predicted octanol–water partition coefficient (Wildman–Crippen LogP) is 1.96. The second-order valence-electron chi connectivity index (χ2n) is 4.46. The lowest BCUT2D eigenvalue weighted by Crippen LogP contribution is -2.52. The smallest absolute Gasteiger partial charge is 0.157 e. The molecule has 1 saturated heterocycles. The normalized spacial score (nSPS) is 18.9. The number of rotatable bonds is 3. The van der Waals surface area contributed by atoms with E-state index in [1.54, 1.807) is 6.07 Å². The van der Waals surface area contributed by atoms with E-state index >= 15 is 0 Å². The number of carbonyl (C=O) groups is 1. The Bertz CT molecular complexity index is 414. The van der Waals surface area contributed by atoms with Gasteiger partial charge < -0.3 is 10.5 Å². The maximum atomic E-state index is 12.2. The molecule has 0 spiro atoms. The number of hydrogen-bond donors (Lipinski definition) is 1. The van der Waals surface area contributed by atoms with Gasteiger partial charge >= 0.3 is 0 Å². The number of carbonyl (C=O) groups excluding carboxylic acids is 1. The average Bonchev–Trinajstić information content (AvgIpc) is 2.33. The van der Waals surface area contributed by atoms with Crippen LogP contribution in [-0.2, 0) is 16.0 Å². The molecule has 2 rings (SSSR count). The molecule has 3 nitrogen and oxygen atoms in total. The van der Waals surface area contributed by atoms with Crippen LogP contribution in [0.15, 0.2) is 24.3 Å². The summed E-state index contributed by atoms with van der Waals surface area (Å²) in [7, 11) is 0. The van der Waals surface area contributed by atoms with Gasteiger partial charge in [0, 0.05) is 24.7 Å². The lowest BCUT2D eigenvalue weighted by Gasteiger charge is -2.31. The van der Waals surface area contributed by atoms with E-state index in [-0.39, 0.29) is 5.78 Å². The van der Waals surface area contributed by atoms with Crippen molar-refractivity contribution in [3.63, 3.8) is 0 Å². The molecule has 2 N–H and O–H groups in total. The number of Topliss-reactive ketones (excluding diaryl/α,β-unsaturated/α-hetero) is 1. The number of hydrogen-bond acceptors (Lipinski definition) is 3. The second-order valence-corrected chi connectivity index (χ2v) is 4.87. The van der Waals surface area contributed by atoms with E-state index in [0.29, 0.717) is 37.5 Å². The van der Waals surface area contributed by atoms with E-state index in [1.165, 1.54) is 0 Å². The van der Waals surface area contributed by atoms with Crippen LogP contribution in [0.4, 0.5) is 0 Å². The van der Waals surface area contributed by atoms with Crippen LogP contribution in [0.5, 0.6) is 0 Å². The lowest BCUT2D eigenvalue weighted by molar-refractivity contribution is -0.126. The molecule has 0 aromatic heterocycles. The highest BCUT2D eigenvalue weighted by atomic mass is 35.5. The first-order valence-corrected chi connectivity index (χ1v) is 6.13. The van der Waals surface area contributed by atoms with Crippen LogP contribution in [0.2, 0.25) is 5.02 Å². The summed E-state index contributed by atoms with van der Waals surface area (Å²) in [5.74, 6) is 0.0499. The van der Waals surface area contributed by atoms with Crippen molar-refractivity contribution < 1.29 is 9.53 Å². The first-order valence-electron chi connectivity index (χ1n) is 5.75. The van der Waals surface area contributed by atoms with Crippen LogP contribution >= 0.6 is 11.6 Å². The molecule has 1 aliphatic heterocycles. The first kappa shape index (κ1) is 12.6. The predicted molar refractivity (Wildman–Crippen MR) is 67.1 cm³/mol. The van der Waals surface area contributed by atoms with E-state index in [0.717, 1.165) is 5.56 Å². The fraction of sp³-hybridized carbons (Fsp3) is 0.462. The Hall–Kier alpha value is -0.900. The molecule has 1 aromatic rings. The van der Waals surface area contributed by atoms with Gasteiger partial charge in [-0.05, 0) is 24.5 Å². The SMILES string of the molecule is NC1(C(=O)Cc2ccccc2Cl)CCOCC1. The molecule has 0 bridgehead atoms. The Morgan fingerprint density at radius 3 is 2.65 bits per heavy atom. The van der Waals surface area contributed by atoms with Crippen molar-refractivity contribution in [2.45, 2.75) is 24.8 Å². The fourth-order valence-corrected chi connectivity index (χ4v) is 2.21. The molecule has 1 heterocycles. The number of benzene rings is 1. The lowest BCUT2D eigenvalue weighted by atomic mass is 9.84. The summed E-state index contributed by atoms with van der Waals surface area (Å²) in [4.78, 5) is 12.2. The van der Waals surface area contributed by atoms with Gasteiger partial charge in [-0.2, -0.15) is 0 Å². The summed E-state index contributed by atoms with van der Waals surface area (Å²) in [6.07, 6.45) is 1.49. The Labute approximate surface area is 106 Å². The van der Waals surface area contributed by atoms with Gasteiger partial charge in [0.25, 0.3) is 0 Å². The average molecular weight is 254 g/mol. The minimum absolute atomic E-state index is 0.0499.